The van der Waals surface area contributed by atoms with Crippen LogP contribution < -0.4 is 5.73 Å². The quantitative estimate of drug-likeness (QED) is 0.849. The molecular weight excluding hydrogens is 268 g/mol. The highest BCUT2D eigenvalue weighted by molar-refractivity contribution is 8.00. The minimum Gasteiger partial charge on any atom is -0.341 e. The highest BCUT2D eigenvalue weighted by Gasteiger charge is 2.36. The lowest BCUT2D eigenvalue weighted by atomic mass is 9.90. The lowest BCUT2D eigenvalue weighted by molar-refractivity contribution is -0.129. The van der Waals surface area contributed by atoms with Gasteiger partial charge in [0, 0.05) is 18.0 Å². The molecule has 4 heteroatoms. The normalized spacial score (nSPS) is 23.9. The van der Waals surface area contributed by atoms with Crippen molar-refractivity contribution in [2.24, 2.45) is 11.1 Å². The van der Waals surface area contributed by atoms with Gasteiger partial charge in [-0.05, 0) is 36.9 Å². The standard InChI is InChI=1S/C16H24N2OS/c1-3-14(20-13-7-5-4-6-8-13)15(19)18-10-9-16(2,11-17)12-18/h4-8,14H,3,9-12,17H2,1-2H3. The van der Waals surface area contributed by atoms with Gasteiger partial charge >= 0.3 is 0 Å². The molecule has 2 unspecified atom stereocenters. The van der Waals surface area contributed by atoms with Crippen LogP contribution in [0.2, 0.25) is 0 Å². The summed E-state index contributed by atoms with van der Waals surface area (Å²) in [7, 11) is 0. The predicted molar refractivity (Wildman–Crippen MR) is 84.7 cm³/mol. The van der Waals surface area contributed by atoms with Crippen molar-refractivity contribution in [3.05, 3.63) is 30.3 Å². The van der Waals surface area contributed by atoms with Gasteiger partial charge in [-0.15, -0.1) is 11.8 Å². The Bertz CT molecular complexity index is 451. The average Bonchev–Trinajstić information content (AvgIpc) is 2.88. The van der Waals surface area contributed by atoms with E-state index in [1.807, 2.05) is 23.1 Å². The summed E-state index contributed by atoms with van der Waals surface area (Å²) in [6, 6.07) is 10.2. The first kappa shape index (κ1) is 15.4. The fourth-order valence-corrected chi connectivity index (χ4v) is 3.61. The molecule has 1 aliphatic rings. The third-order valence-electron chi connectivity index (χ3n) is 4.03. The highest BCUT2D eigenvalue weighted by atomic mass is 32.2. The van der Waals surface area contributed by atoms with Crippen LogP contribution in [0.3, 0.4) is 0 Å². The van der Waals surface area contributed by atoms with Gasteiger partial charge in [-0.2, -0.15) is 0 Å². The van der Waals surface area contributed by atoms with E-state index in [2.05, 4.69) is 26.0 Å². The molecule has 2 rings (SSSR count). The summed E-state index contributed by atoms with van der Waals surface area (Å²) in [6.07, 6.45) is 1.87. The summed E-state index contributed by atoms with van der Waals surface area (Å²) in [6.45, 7) is 6.55. The first-order valence-corrected chi connectivity index (χ1v) is 8.16. The van der Waals surface area contributed by atoms with Crippen LogP contribution in [0.4, 0.5) is 0 Å². The second-order valence-corrected chi connectivity index (χ2v) is 7.13. The molecule has 110 valence electrons. The Labute approximate surface area is 125 Å². The van der Waals surface area contributed by atoms with Crippen LogP contribution in [0.15, 0.2) is 35.2 Å². The molecule has 1 saturated heterocycles. The zero-order valence-corrected chi connectivity index (χ0v) is 13.2. The molecule has 1 amide bonds. The van der Waals surface area contributed by atoms with Gasteiger partial charge in [0.05, 0.1) is 5.25 Å². The van der Waals surface area contributed by atoms with Crippen LogP contribution in [0, 0.1) is 5.41 Å². The molecular formula is C16H24N2OS. The van der Waals surface area contributed by atoms with E-state index in [0.29, 0.717) is 6.54 Å². The number of amides is 1. The fourth-order valence-electron chi connectivity index (χ4n) is 2.55. The van der Waals surface area contributed by atoms with Gasteiger partial charge in [0.2, 0.25) is 5.91 Å². The monoisotopic (exact) mass is 292 g/mol. The number of likely N-dealkylation sites (tertiary alicyclic amines) is 1. The molecule has 1 aromatic rings. The number of hydrogen-bond donors (Lipinski definition) is 1. The van der Waals surface area contributed by atoms with Crippen LogP contribution in [0.5, 0.6) is 0 Å². The second-order valence-electron chi connectivity index (χ2n) is 5.85. The Morgan fingerprint density at radius 3 is 2.70 bits per heavy atom. The maximum atomic E-state index is 12.6. The van der Waals surface area contributed by atoms with Gasteiger partial charge in [-0.1, -0.05) is 32.0 Å². The smallest absolute Gasteiger partial charge is 0.236 e. The molecule has 20 heavy (non-hydrogen) atoms. The third kappa shape index (κ3) is 3.55. The van der Waals surface area contributed by atoms with Crippen LogP contribution in [-0.4, -0.2) is 35.7 Å². The van der Waals surface area contributed by atoms with Crippen molar-refractivity contribution < 1.29 is 4.79 Å². The van der Waals surface area contributed by atoms with E-state index in [1.165, 1.54) is 0 Å². The van der Waals surface area contributed by atoms with Crippen molar-refractivity contribution in [1.29, 1.82) is 0 Å². The summed E-state index contributed by atoms with van der Waals surface area (Å²) < 4.78 is 0. The molecule has 2 N–H and O–H groups in total. The molecule has 0 saturated carbocycles. The molecule has 0 bridgehead atoms. The number of benzene rings is 1. The van der Waals surface area contributed by atoms with Crippen molar-refractivity contribution in [3.8, 4) is 0 Å². The molecule has 3 nitrogen and oxygen atoms in total. The van der Waals surface area contributed by atoms with Crippen molar-refractivity contribution in [2.45, 2.75) is 36.8 Å². The lowest BCUT2D eigenvalue weighted by Gasteiger charge is -2.25. The number of nitrogens with zero attached hydrogens (tertiary/aromatic N) is 1. The number of rotatable bonds is 5. The number of nitrogens with two attached hydrogens (primary N) is 1. The van der Waals surface area contributed by atoms with E-state index in [1.54, 1.807) is 11.8 Å². The van der Waals surface area contributed by atoms with E-state index in [-0.39, 0.29) is 16.6 Å². The molecule has 0 spiro atoms. The summed E-state index contributed by atoms with van der Waals surface area (Å²) in [5.74, 6) is 0.263. The van der Waals surface area contributed by atoms with E-state index in [0.717, 1.165) is 30.8 Å². The number of carbonyl (C=O) groups is 1. The highest BCUT2D eigenvalue weighted by Crippen LogP contribution is 2.32. The van der Waals surface area contributed by atoms with Gasteiger partial charge in [0.25, 0.3) is 0 Å². The number of thioether (sulfide) groups is 1. The Morgan fingerprint density at radius 1 is 1.45 bits per heavy atom. The van der Waals surface area contributed by atoms with E-state index < -0.39 is 0 Å². The molecule has 2 atom stereocenters. The Hall–Kier alpha value is -1.00. The second kappa shape index (κ2) is 6.64. The van der Waals surface area contributed by atoms with Crippen LogP contribution in [0.1, 0.15) is 26.7 Å². The molecule has 0 aromatic heterocycles. The Balaban J connectivity index is 2.00. The lowest BCUT2D eigenvalue weighted by Crippen LogP contribution is -2.38. The van der Waals surface area contributed by atoms with Crippen molar-refractivity contribution >= 4 is 17.7 Å². The average molecular weight is 292 g/mol. The zero-order chi connectivity index (χ0) is 14.6. The maximum absolute atomic E-state index is 12.6. The fraction of sp³-hybridized carbons (Fsp3) is 0.562. The number of hydrogen-bond acceptors (Lipinski definition) is 3. The summed E-state index contributed by atoms with van der Waals surface area (Å²) in [5.41, 5.74) is 5.92. The van der Waals surface area contributed by atoms with E-state index in [4.69, 9.17) is 5.73 Å². The van der Waals surface area contributed by atoms with E-state index >= 15 is 0 Å². The van der Waals surface area contributed by atoms with Crippen LogP contribution >= 0.6 is 11.8 Å². The molecule has 0 radical (unpaired) electrons. The molecule has 1 fully saturated rings. The van der Waals surface area contributed by atoms with E-state index in [9.17, 15) is 4.79 Å². The zero-order valence-electron chi connectivity index (χ0n) is 12.3. The first-order valence-electron chi connectivity index (χ1n) is 7.28. The molecule has 1 aromatic carbocycles. The van der Waals surface area contributed by atoms with Crippen molar-refractivity contribution in [2.75, 3.05) is 19.6 Å². The largest absolute Gasteiger partial charge is 0.341 e. The van der Waals surface area contributed by atoms with Gasteiger partial charge in [0.1, 0.15) is 0 Å². The van der Waals surface area contributed by atoms with Crippen LogP contribution in [0.25, 0.3) is 0 Å². The summed E-state index contributed by atoms with van der Waals surface area (Å²) in [5, 5.41) is 0.0116. The molecule has 0 aliphatic carbocycles. The predicted octanol–water partition coefficient (Wildman–Crippen LogP) is 2.75. The minimum atomic E-state index is 0.0116. The topological polar surface area (TPSA) is 46.3 Å². The Kier molecular flexibility index (Phi) is 5.11. The third-order valence-corrected chi connectivity index (χ3v) is 5.39. The molecule has 1 heterocycles. The van der Waals surface area contributed by atoms with Crippen molar-refractivity contribution in [3.63, 3.8) is 0 Å². The van der Waals surface area contributed by atoms with Gasteiger partial charge in [-0.25, -0.2) is 0 Å². The van der Waals surface area contributed by atoms with Gasteiger partial charge in [-0.3, -0.25) is 4.79 Å². The minimum absolute atomic E-state index is 0.0116. The van der Waals surface area contributed by atoms with Crippen LogP contribution in [-0.2, 0) is 4.79 Å². The van der Waals surface area contributed by atoms with Gasteiger partial charge in [0.15, 0.2) is 0 Å². The molecule has 1 aliphatic heterocycles. The SMILES string of the molecule is CCC(Sc1ccccc1)C(=O)N1CCC(C)(CN)C1. The Morgan fingerprint density at radius 2 is 2.15 bits per heavy atom. The summed E-state index contributed by atoms with van der Waals surface area (Å²) >= 11 is 1.67. The summed E-state index contributed by atoms with van der Waals surface area (Å²) in [4.78, 5) is 15.8. The first-order chi connectivity index (χ1) is 9.58. The number of carbonyl (C=O) groups excluding carboxylic acids is 1. The maximum Gasteiger partial charge on any atom is 0.236 e. The van der Waals surface area contributed by atoms with Crippen molar-refractivity contribution in [1.82, 2.24) is 4.90 Å². The van der Waals surface area contributed by atoms with Gasteiger partial charge < -0.3 is 10.6 Å².